The van der Waals surface area contributed by atoms with Crippen molar-refractivity contribution in [3.8, 4) is 11.8 Å². The van der Waals surface area contributed by atoms with Crippen molar-refractivity contribution in [3.63, 3.8) is 0 Å². The molecule has 6 unspecified atom stereocenters. The molecule has 1 aromatic carbocycles. The Bertz CT molecular complexity index is 1310. The molecule has 2 bridgehead atoms. The number of nitrogens with one attached hydrogen (secondary N) is 2. The molecule has 6 atom stereocenters. The molecule has 0 spiro atoms. The maximum atomic E-state index is 12.7. The molecule has 6 rings (SSSR count). The topological polar surface area (TPSA) is 107 Å². The van der Waals surface area contributed by atoms with E-state index >= 15 is 0 Å². The SMILES string of the molecule is C=C(Cc1cc2ccccc2[nH]1)C12CC#CC(NC(N)=NC)CC3(O)CCC(C3C1)C(O)(C1CCCCC1)CC2. The van der Waals surface area contributed by atoms with Crippen molar-refractivity contribution in [2.24, 2.45) is 33.9 Å². The van der Waals surface area contributed by atoms with Gasteiger partial charge in [-0.2, -0.15) is 0 Å². The van der Waals surface area contributed by atoms with Gasteiger partial charge < -0.3 is 26.2 Å². The molecule has 4 aliphatic carbocycles. The van der Waals surface area contributed by atoms with Gasteiger partial charge in [-0.05, 0) is 80.2 Å². The average Bonchev–Trinajstić information content (AvgIpc) is 3.48. The molecule has 6 heteroatoms. The monoisotopic (exact) mass is 542 g/mol. The van der Waals surface area contributed by atoms with Gasteiger partial charge in [0.15, 0.2) is 5.96 Å². The first-order valence-electron chi connectivity index (χ1n) is 15.4. The third-order valence-electron chi connectivity index (χ3n) is 11.2. The minimum absolute atomic E-state index is 0.0211. The number of hydrogen-bond acceptors (Lipinski definition) is 3. The maximum Gasteiger partial charge on any atom is 0.189 e. The Morgan fingerprint density at radius 1 is 1.10 bits per heavy atom. The van der Waals surface area contributed by atoms with Crippen LogP contribution in [0.5, 0.6) is 0 Å². The number of aliphatic imine (C=N–C) groups is 1. The zero-order valence-corrected chi connectivity index (χ0v) is 24.0. The van der Waals surface area contributed by atoms with Crippen LogP contribution in [0.25, 0.3) is 10.9 Å². The van der Waals surface area contributed by atoms with Crippen LogP contribution in [0.1, 0.15) is 82.7 Å². The molecule has 6 nitrogen and oxygen atoms in total. The lowest BCUT2D eigenvalue weighted by Gasteiger charge is -2.45. The summed E-state index contributed by atoms with van der Waals surface area (Å²) in [5.74, 6) is 7.65. The minimum Gasteiger partial charge on any atom is -0.389 e. The Hall–Kier alpha value is -2.75. The predicted octanol–water partition coefficient (Wildman–Crippen LogP) is 5.21. The van der Waals surface area contributed by atoms with Crippen LogP contribution in [0.15, 0.2) is 47.5 Å². The van der Waals surface area contributed by atoms with Crippen molar-refractivity contribution in [2.75, 3.05) is 7.05 Å². The molecule has 40 heavy (non-hydrogen) atoms. The summed E-state index contributed by atoms with van der Waals surface area (Å²) < 4.78 is 0. The molecule has 1 heterocycles. The lowest BCUT2D eigenvalue weighted by Crippen LogP contribution is -2.51. The number of hydrogen-bond donors (Lipinski definition) is 5. The summed E-state index contributed by atoms with van der Waals surface area (Å²) in [4.78, 5) is 7.69. The highest BCUT2D eigenvalue weighted by Gasteiger charge is 2.61. The summed E-state index contributed by atoms with van der Waals surface area (Å²) in [6.07, 6.45) is 11.7. The number of aromatic nitrogens is 1. The van der Waals surface area contributed by atoms with Crippen LogP contribution < -0.4 is 11.1 Å². The first-order valence-corrected chi connectivity index (χ1v) is 15.4. The van der Waals surface area contributed by atoms with Crippen LogP contribution in [0.4, 0.5) is 0 Å². The van der Waals surface area contributed by atoms with E-state index < -0.39 is 11.2 Å². The fourth-order valence-corrected chi connectivity index (χ4v) is 8.94. The van der Waals surface area contributed by atoms with Gasteiger partial charge in [-0.15, -0.1) is 5.92 Å². The summed E-state index contributed by atoms with van der Waals surface area (Å²) in [7, 11) is 1.66. The second kappa shape index (κ2) is 10.6. The van der Waals surface area contributed by atoms with Gasteiger partial charge in [0.1, 0.15) is 0 Å². The molecule has 0 radical (unpaired) electrons. The van der Waals surface area contributed by atoms with Crippen molar-refractivity contribution in [3.05, 3.63) is 48.2 Å². The number of benzene rings is 1. The van der Waals surface area contributed by atoms with Crippen molar-refractivity contribution >= 4 is 16.9 Å². The molecule has 3 saturated carbocycles. The molecule has 1 aromatic heterocycles. The van der Waals surface area contributed by atoms with Crippen LogP contribution in [-0.4, -0.2) is 45.4 Å². The first kappa shape index (κ1) is 27.4. The molecule has 0 amide bonds. The van der Waals surface area contributed by atoms with E-state index in [-0.39, 0.29) is 23.3 Å². The zero-order valence-electron chi connectivity index (χ0n) is 24.0. The summed E-state index contributed by atoms with van der Waals surface area (Å²) in [5, 5.41) is 29.6. The van der Waals surface area contributed by atoms with E-state index in [0.717, 1.165) is 61.7 Å². The lowest BCUT2D eigenvalue weighted by molar-refractivity contribution is -0.113. The van der Waals surface area contributed by atoms with Gasteiger partial charge in [-0.25, -0.2) is 0 Å². The average molecular weight is 543 g/mol. The van der Waals surface area contributed by atoms with Crippen molar-refractivity contribution < 1.29 is 10.2 Å². The summed E-state index contributed by atoms with van der Waals surface area (Å²) >= 11 is 0. The van der Waals surface area contributed by atoms with E-state index in [0.29, 0.717) is 31.1 Å². The molecule has 214 valence electrons. The quantitative estimate of drug-likeness (QED) is 0.155. The number of fused-ring (bicyclic) bond motifs is 2. The second-order valence-corrected chi connectivity index (χ2v) is 13.3. The molecule has 0 saturated heterocycles. The summed E-state index contributed by atoms with van der Waals surface area (Å²) in [6, 6.07) is 10.3. The van der Waals surface area contributed by atoms with Gasteiger partial charge in [0.2, 0.25) is 0 Å². The summed E-state index contributed by atoms with van der Waals surface area (Å²) in [6.45, 7) is 4.73. The highest BCUT2D eigenvalue weighted by atomic mass is 16.3. The number of para-hydroxylation sites is 1. The lowest BCUT2D eigenvalue weighted by atomic mass is 9.64. The number of allylic oxidation sites excluding steroid dienone is 1. The number of H-pyrrole nitrogens is 1. The highest BCUT2D eigenvalue weighted by Crippen LogP contribution is 2.61. The maximum absolute atomic E-state index is 12.7. The Morgan fingerprint density at radius 3 is 2.67 bits per heavy atom. The highest BCUT2D eigenvalue weighted by molar-refractivity contribution is 5.80. The van der Waals surface area contributed by atoms with Gasteiger partial charge >= 0.3 is 0 Å². The van der Waals surface area contributed by atoms with Crippen LogP contribution in [0.2, 0.25) is 0 Å². The molecular formula is C34H46N4O2. The number of nitrogens with zero attached hydrogens (tertiary/aromatic N) is 1. The van der Waals surface area contributed by atoms with Crippen molar-refractivity contribution in [1.82, 2.24) is 10.3 Å². The van der Waals surface area contributed by atoms with E-state index in [9.17, 15) is 10.2 Å². The molecule has 4 aliphatic rings. The molecule has 0 aliphatic heterocycles. The number of nitrogens with two attached hydrogens (primary N) is 1. The third kappa shape index (κ3) is 4.86. The van der Waals surface area contributed by atoms with Gasteiger partial charge in [0, 0.05) is 42.9 Å². The Balaban J connectivity index is 1.40. The zero-order chi connectivity index (χ0) is 28.0. The standard InChI is InChI=1S/C34H46N4O2/c1-23(19-27-20-24-9-6-7-13-30(24)37-27)32-15-8-12-26(38-31(35)36-2)21-33(39)16-14-28(29(33)22-32)34(40,18-17-32)25-10-4-3-5-11-25/h6-7,9,13,20,25-26,28-29,37,39-40H,1,3-5,10-11,14-19,21-22H2,2H3,(H3,35,36,38). The van der Waals surface area contributed by atoms with E-state index in [1.54, 1.807) is 7.05 Å². The number of aromatic amines is 1. The smallest absolute Gasteiger partial charge is 0.189 e. The third-order valence-corrected chi connectivity index (χ3v) is 11.2. The van der Waals surface area contributed by atoms with E-state index in [1.165, 1.54) is 24.6 Å². The van der Waals surface area contributed by atoms with Gasteiger partial charge in [0.25, 0.3) is 0 Å². The van der Waals surface area contributed by atoms with E-state index in [4.69, 9.17) is 12.3 Å². The van der Waals surface area contributed by atoms with Gasteiger partial charge in [-0.3, -0.25) is 4.99 Å². The van der Waals surface area contributed by atoms with Crippen molar-refractivity contribution in [1.29, 1.82) is 0 Å². The second-order valence-electron chi connectivity index (χ2n) is 13.3. The fraction of sp³-hybridized carbons (Fsp3) is 0.618. The van der Waals surface area contributed by atoms with Crippen LogP contribution in [0, 0.1) is 35.0 Å². The Kier molecular flexibility index (Phi) is 7.25. The fourth-order valence-electron chi connectivity index (χ4n) is 8.94. The van der Waals surface area contributed by atoms with Crippen molar-refractivity contribution in [2.45, 2.75) is 101 Å². The molecule has 6 N–H and O–H groups in total. The van der Waals surface area contributed by atoms with Crippen LogP contribution >= 0.6 is 0 Å². The molecule has 3 fully saturated rings. The minimum atomic E-state index is -0.922. The van der Waals surface area contributed by atoms with Gasteiger partial charge in [-0.1, -0.05) is 55.5 Å². The van der Waals surface area contributed by atoms with Crippen LogP contribution in [-0.2, 0) is 6.42 Å². The number of guanidine groups is 1. The van der Waals surface area contributed by atoms with E-state index in [1.807, 2.05) is 0 Å². The Morgan fingerprint density at radius 2 is 1.90 bits per heavy atom. The molecule has 2 aromatic rings. The Labute approximate surface area is 238 Å². The van der Waals surface area contributed by atoms with Crippen LogP contribution in [0.3, 0.4) is 0 Å². The largest absolute Gasteiger partial charge is 0.389 e. The number of rotatable bonds is 5. The number of aliphatic hydroxyl groups is 2. The normalized spacial score (nSPS) is 36.6. The first-order chi connectivity index (χ1) is 19.2. The predicted molar refractivity (Wildman–Crippen MR) is 162 cm³/mol. The molecular weight excluding hydrogens is 496 g/mol. The van der Waals surface area contributed by atoms with Gasteiger partial charge in [0.05, 0.1) is 17.2 Å². The van der Waals surface area contributed by atoms with E-state index in [2.05, 4.69) is 57.5 Å². The summed E-state index contributed by atoms with van der Waals surface area (Å²) in [5.41, 5.74) is 7.58.